The Labute approximate surface area is 123 Å². The van der Waals surface area contributed by atoms with Gasteiger partial charge in [0, 0.05) is 17.3 Å². The van der Waals surface area contributed by atoms with E-state index >= 15 is 0 Å². The number of carbonyl (C=O) groups is 2. The predicted octanol–water partition coefficient (Wildman–Crippen LogP) is 1.88. The minimum Gasteiger partial charge on any atom is -0.352 e. The fourth-order valence-corrected chi connectivity index (χ4v) is 2.80. The lowest BCUT2D eigenvalue weighted by atomic mass is 9.98. The molecule has 0 aliphatic carbocycles. The first-order chi connectivity index (χ1) is 9.43. The predicted molar refractivity (Wildman–Crippen MR) is 81.6 cm³/mol. The second-order valence-corrected chi connectivity index (χ2v) is 6.10. The highest BCUT2D eigenvalue weighted by Gasteiger charge is 2.26. The van der Waals surface area contributed by atoms with Crippen molar-refractivity contribution in [3.63, 3.8) is 0 Å². The molecule has 0 fully saturated rings. The zero-order valence-electron chi connectivity index (χ0n) is 12.2. The van der Waals surface area contributed by atoms with Crippen molar-refractivity contribution in [3.8, 4) is 0 Å². The van der Waals surface area contributed by atoms with Crippen molar-refractivity contribution in [2.75, 3.05) is 0 Å². The van der Waals surface area contributed by atoms with Gasteiger partial charge >= 0.3 is 6.03 Å². The van der Waals surface area contributed by atoms with Gasteiger partial charge in [-0.15, -0.1) is 11.3 Å². The molecule has 0 aliphatic heterocycles. The zero-order chi connectivity index (χ0) is 15.1. The largest absolute Gasteiger partial charge is 0.352 e. The number of nitrogens with one attached hydrogen (secondary N) is 2. The highest BCUT2D eigenvalue weighted by Crippen LogP contribution is 2.12. The Morgan fingerprint density at radius 1 is 1.35 bits per heavy atom. The van der Waals surface area contributed by atoms with Crippen molar-refractivity contribution < 1.29 is 9.59 Å². The van der Waals surface area contributed by atoms with Crippen LogP contribution >= 0.6 is 11.3 Å². The van der Waals surface area contributed by atoms with Crippen molar-refractivity contribution in [1.29, 1.82) is 0 Å². The summed E-state index contributed by atoms with van der Waals surface area (Å²) < 4.78 is 0. The number of hydrogen-bond acceptors (Lipinski definition) is 3. The number of thiophene rings is 1. The van der Waals surface area contributed by atoms with Crippen LogP contribution in [0.1, 0.15) is 32.1 Å². The Balaban J connectivity index is 2.58. The zero-order valence-corrected chi connectivity index (χ0v) is 13.0. The molecule has 1 aromatic rings. The molecule has 0 saturated carbocycles. The fourth-order valence-electron chi connectivity index (χ4n) is 1.97. The molecule has 0 saturated heterocycles. The molecule has 3 atom stereocenters. The van der Waals surface area contributed by atoms with E-state index in [-0.39, 0.29) is 17.9 Å². The number of rotatable bonds is 7. The summed E-state index contributed by atoms with van der Waals surface area (Å²) in [4.78, 5) is 24.5. The standard InChI is InChI=1S/C14H23N3O2S/c1-4-9(2)12(17-14(15)19)13(18)16-10(3)8-11-6-5-7-20-11/h5-7,9-10,12H,4,8H2,1-3H3,(H,16,18)(H3,15,17,19)/t9-,10+,12-/m0/s1. The highest BCUT2D eigenvalue weighted by molar-refractivity contribution is 7.09. The molecule has 20 heavy (non-hydrogen) atoms. The maximum Gasteiger partial charge on any atom is 0.312 e. The normalized spacial score (nSPS) is 15.2. The Kier molecular flexibility index (Phi) is 6.51. The van der Waals surface area contributed by atoms with E-state index in [1.807, 2.05) is 38.3 Å². The van der Waals surface area contributed by atoms with Gasteiger partial charge in [-0.25, -0.2) is 4.79 Å². The van der Waals surface area contributed by atoms with Crippen LogP contribution in [0.4, 0.5) is 4.79 Å². The lowest BCUT2D eigenvalue weighted by Gasteiger charge is -2.24. The maximum absolute atomic E-state index is 12.2. The maximum atomic E-state index is 12.2. The minimum atomic E-state index is -0.670. The third-order valence-electron chi connectivity index (χ3n) is 3.27. The van der Waals surface area contributed by atoms with Crippen LogP contribution in [-0.4, -0.2) is 24.0 Å². The lowest BCUT2D eigenvalue weighted by Crippen LogP contribution is -2.53. The van der Waals surface area contributed by atoms with Gasteiger partial charge in [0.1, 0.15) is 6.04 Å². The Hall–Kier alpha value is -1.56. The van der Waals surface area contributed by atoms with Gasteiger partial charge in [0.05, 0.1) is 0 Å². The van der Waals surface area contributed by atoms with Gasteiger partial charge < -0.3 is 16.4 Å². The molecular formula is C14H23N3O2S. The minimum absolute atomic E-state index is 0.0161. The second-order valence-electron chi connectivity index (χ2n) is 5.06. The molecule has 0 aromatic carbocycles. The molecule has 0 bridgehead atoms. The molecule has 1 rings (SSSR count). The summed E-state index contributed by atoms with van der Waals surface area (Å²) in [6.07, 6.45) is 1.57. The van der Waals surface area contributed by atoms with Crippen molar-refractivity contribution in [2.45, 2.75) is 45.7 Å². The number of hydrogen-bond donors (Lipinski definition) is 3. The molecule has 112 valence electrons. The van der Waals surface area contributed by atoms with E-state index in [0.717, 1.165) is 12.8 Å². The molecular weight excluding hydrogens is 274 g/mol. The first-order valence-electron chi connectivity index (χ1n) is 6.82. The summed E-state index contributed by atoms with van der Waals surface area (Å²) >= 11 is 1.67. The van der Waals surface area contributed by atoms with Crippen LogP contribution in [0.2, 0.25) is 0 Å². The van der Waals surface area contributed by atoms with Gasteiger partial charge in [-0.2, -0.15) is 0 Å². The molecule has 0 unspecified atom stereocenters. The average Bonchev–Trinajstić information content (AvgIpc) is 2.87. The molecule has 5 nitrogen and oxygen atoms in total. The quantitative estimate of drug-likeness (QED) is 0.718. The number of primary amides is 1. The van der Waals surface area contributed by atoms with Gasteiger partial charge in [-0.1, -0.05) is 26.3 Å². The first kappa shape index (κ1) is 16.5. The molecule has 0 spiro atoms. The molecule has 4 N–H and O–H groups in total. The summed E-state index contributed by atoms with van der Waals surface area (Å²) in [5, 5.41) is 7.47. The van der Waals surface area contributed by atoms with Gasteiger partial charge in [-0.05, 0) is 24.3 Å². The van der Waals surface area contributed by atoms with E-state index in [0.29, 0.717) is 0 Å². The van der Waals surface area contributed by atoms with E-state index in [2.05, 4.69) is 10.6 Å². The molecule has 6 heteroatoms. The van der Waals surface area contributed by atoms with Crippen LogP contribution in [0.15, 0.2) is 17.5 Å². The Bertz CT molecular complexity index is 434. The van der Waals surface area contributed by atoms with Gasteiger partial charge in [0.25, 0.3) is 0 Å². The van der Waals surface area contributed by atoms with Crippen molar-refractivity contribution >= 4 is 23.3 Å². The van der Waals surface area contributed by atoms with E-state index in [4.69, 9.17) is 5.73 Å². The molecule has 0 aliphatic rings. The molecule has 0 radical (unpaired) electrons. The van der Waals surface area contributed by atoms with Crippen molar-refractivity contribution in [1.82, 2.24) is 10.6 Å². The summed E-state index contributed by atoms with van der Waals surface area (Å²) in [6, 6.07) is 2.80. The number of amides is 3. The van der Waals surface area contributed by atoms with E-state index < -0.39 is 12.1 Å². The lowest BCUT2D eigenvalue weighted by molar-refractivity contribution is -0.124. The monoisotopic (exact) mass is 297 g/mol. The summed E-state index contributed by atoms with van der Waals surface area (Å²) in [6.45, 7) is 5.85. The van der Waals surface area contributed by atoms with Gasteiger partial charge in [0.15, 0.2) is 0 Å². The van der Waals surface area contributed by atoms with Gasteiger partial charge in [0.2, 0.25) is 5.91 Å². The SMILES string of the molecule is CC[C@H](C)[C@H](NC(N)=O)C(=O)N[C@H](C)Cc1cccs1. The van der Waals surface area contributed by atoms with Crippen LogP contribution < -0.4 is 16.4 Å². The number of carbonyl (C=O) groups excluding carboxylic acids is 2. The van der Waals surface area contributed by atoms with Gasteiger partial charge in [-0.3, -0.25) is 4.79 Å². The second kappa shape index (κ2) is 7.89. The molecule has 1 heterocycles. The topological polar surface area (TPSA) is 84.2 Å². The summed E-state index contributed by atoms with van der Waals surface area (Å²) in [5.74, 6) is -0.140. The molecule has 3 amide bonds. The summed E-state index contributed by atoms with van der Waals surface area (Å²) in [7, 11) is 0. The Morgan fingerprint density at radius 2 is 2.05 bits per heavy atom. The number of nitrogens with two attached hydrogens (primary N) is 1. The van der Waals surface area contributed by atoms with Crippen LogP contribution in [-0.2, 0) is 11.2 Å². The highest BCUT2D eigenvalue weighted by atomic mass is 32.1. The van der Waals surface area contributed by atoms with Crippen molar-refractivity contribution in [3.05, 3.63) is 22.4 Å². The third-order valence-corrected chi connectivity index (χ3v) is 4.17. The van der Waals surface area contributed by atoms with E-state index in [1.165, 1.54) is 4.88 Å². The van der Waals surface area contributed by atoms with Crippen LogP contribution in [0, 0.1) is 5.92 Å². The van der Waals surface area contributed by atoms with E-state index in [1.54, 1.807) is 11.3 Å². The molecule has 1 aromatic heterocycles. The summed E-state index contributed by atoms with van der Waals surface area (Å²) in [5.41, 5.74) is 5.14. The number of urea groups is 1. The van der Waals surface area contributed by atoms with E-state index in [9.17, 15) is 9.59 Å². The fraction of sp³-hybridized carbons (Fsp3) is 0.571. The smallest absolute Gasteiger partial charge is 0.312 e. The van der Waals surface area contributed by atoms with Crippen molar-refractivity contribution in [2.24, 2.45) is 11.7 Å². The average molecular weight is 297 g/mol. The third kappa shape index (κ3) is 5.21. The first-order valence-corrected chi connectivity index (χ1v) is 7.70. The van der Waals surface area contributed by atoms with Crippen LogP contribution in [0.3, 0.4) is 0 Å². The van der Waals surface area contributed by atoms with Crippen LogP contribution in [0.5, 0.6) is 0 Å². The van der Waals surface area contributed by atoms with Crippen LogP contribution in [0.25, 0.3) is 0 Å². The Morgan fingerprint density at radius 3 is 2.55 bits per heavy atom.